The number of nitrogens with two attached hydrogens (primary N) is 1. The molecule has 1 saturated heterocycles. The summed E-state index contributed by atoms with van der Waals surface area (Å²) in [6.45, 7) is 3.48. The van der Waals surface area contributed by atoms with Crippen molar-refractivity contribution < 1.29 is 9.90 Å². The molecule has 0 saturated carbocycles. The van der Waals surface area contributed by atoms with E-state index in [4.69, 9.17) is 10.8 Å². The zero-order valence-corrected chi connectivity index (χ0v) is 14.5. The SMILES string of the molecule is NCc1ccc(-c2ccc(CN3CCC(CC(=O)O)CC3)cc2)cc1. The minimum atomic E-state index is -0.673. The molecule has 0 bridgehead atoms. The highest BCUT2D eigenvalue weighted by Crippen LogP contribution is 2.24. The highest BCUT2D eigenvalue weighted by Gasteiger charge is 2.21. The van der Waals surface area contributed by atoms with Gasteiger partial charge in [-0.05, 0) is 54.1 Å². The number of aliphatic carboxylic acids is 1. The van der Waals surface area contributed by atoms with E-state index < -0.39 is 5.97 Å². The smallest absolute Gasteiger partial charge is 0.303 e. The fraction of sp³-hybridized carbons (Fsp3) is 0.381. The minimum Gasteiger partial charge on any atom is -0.481 e. The van der Waals surface area contributed by atoms with Crippen molar-refractivity contribution in [3.63, 3.8) is 0 Å². The Bertz CT molecular complexity index is 687. The maximum absolute atomic E-state index is 10.8. The lowest BCUT2D eigenvalue weighted by Crippen LogP contribution is -2.33. The van der Waals surface area contributed by atoms with Crippen LogP contribution in [0.2, 0.25) is 0 Å². The van der Waals surface area contributed by atoms with Crippen LogP contribution < -0.4 is 5.73 Å². The van der Waals surface area contributed by atoms with Crippen LogP contribution in [0, 0.1) is 5.92 Å². The monoisotopic (exact) mass is 338 g/mol. The van der Waals surface area contributed by atoms with Crippen LogP contribution in [-0.2, 0) is 17.9 Å². The summed E-state index contributed by atoms with van der Waals surface area (Å²) in [6.07, 6.45) is 2.28. The Kier molecular flexibility index (Phi) is 5.84. The first-order valence-corrected chi connectivity index (χ1v) is 8.96. The Hall–Kier alpha value is -2.17. The van der Waals surface area contributed by atoms with E-state index in [0.717, 1.165) is 38.0 Å². The van der Waals surface area contributed by atoms with Crippen molar-refractivity contribution in [1.82, 2.24) is 4.90 Å². The molecule has 1 aliphatic rings. The first kappa shape index (κ1) is 17.6. The molecule has 1 fully saturated rings. The molecule has 4 heteroatoms. The summed E-state index contributed by atoms with van der Waals surface area (Å²) in [5.74, 6) is -0.332. The lowest BCUT2D eigenvalue weighted by molar-refractivity contribution is -0.138. The molecule has 0 unspecified atom stereocenters. The second kappa shape index (κ2) is 8.28. The van der Waals surface area contributed by atoms with Crippen LogP contribution in [0.1, 0.15) is 30.4 Å². The standard InChI is InChI=1S/C21H26N2O2/c22-14-17-1-5-19(6-2-17)20-7-3-18(4-8-20)15-23-11-9-16(10-12-23)13-21(24)25/h1-8,16H,9-15,22H2,(H,24,25). The third-order valence-electron chi connectivity index (χ3n) is 5.05. The molecule has 2 aromatic carbocycles. The van der Waals surface area contributed by atoms with Gasteiger partial charge < -0.3 is 10.8 Å². The quantitative estimate of drug-likeness (QED) is 0.846. The zero-order chi connectivity index (χ0) is 17.6. The first-order valence-electron chi connectivity index (χ1n) is 8.96. The van der Waals surface area contributed by atoms with Gasteiger partial charge in [0.1, 0.15) is 0 Å². The lowest BCUT2D eigenvalue weighted by Gasteiger charge is -2.31. The number of hydrogen-bond acceptors (Lipinski definition) is 3. The number of carboxylic acids is 1. The normalized spacial score (nSPS) is 16.0. The highest BCUT2D eigenvalue weighted by atomic mass is 16.4. The maximum atomic E-state index is 10.8. The number of benzene rings is 2. The number of piperidine rings is 1. The van der Waals surface area contributed by atoms with Gasteiger partial charge in [0.05, 0.1) is 0 Å². The number of hydrogen-bond donors (Lipinski definition) is 2. The van der Waals surface area contributed by atoms with Gasteiger partial charge in [0.15, 0.2) is 0 Å². The van der Waals surface area contributed by atoms with E-state index in [1.54, 1.807) is 0 Å². The number of carbonyl (C=O) groups is 1. The Morgan fingerprint density at radius 1 is 0.960 bits per heavy atom. The van der Waals surface area contributed by atoms with Gasteiger partial charge in [0.25, 0.3) is 0 Å². The van der Waals surface area contributed by atoms with E-state index in [2.05, 4.69) is 53.4 Å². The first-order chi connectivity index (χ1) is 12.1. The third kappa shape index (κ3) is 4.91. The van der Waals surface area contributed by atoms with Gasteiger partial charge in [-0.25, -0.2) is 0 Å². The van der Waals surface area contributed by atoms with E-state index in [9.17, 15) is 4.79 Å². The third-order valence-corrected chi connectivity index (χ3v) is 5.05. The van der Waals surface area contributed by atoms with Gasteiger partial charge in [-0.1, -0.05) is 48.5 Å². The molecule has 0 amide bonds. The van der Waals surface area contributed by atoms with E-state index in [1.165, 1.54) is 16.7 Å². The molecule has 4 nitrogen and oxygen atoms in total. The van der Waals surface area contributed by atoms with E-state index >= 15 is 0 Å². The van der Waals surface area contributed by atoms with Crippen LogP contribution in [0.4, 0.5) is 0 Å². The van der Waals surface area contributed by atoms with Crippen molar-refractivity contribution in [3.8, 4) is 11.1 Å². The fourth-order valence-corrected chi connectivity index (χ4v) is 3.49. The Balaban J connectivity index is 1.55. The molecule has 25 heavy (non-hydrogen) atoms. The maximum Gasteiger partial charge on any atom is 0.303 e. The molecular weight excluding hydrogens is 312 g/mol. The second-order valence-electron chi connectivity index (χ2n) is 6.92. The summed E-state index contributed by atoms with van der Waals surface area (Å²) in [4.78, 5) is 13.2. The van der Waals surface area contributed by atoms with E-state index in [-0.39, 0.29) is 0 Å². The summed E-state index contributed by atoms with van der Waals surface area (Å²) >= 11 is 0. The molecular formula is C21H26N2O2. The van der Waals surface area contributed by atoms with Crippen LogP contribution in [0.5, 0.6) is 0 Å². The topological polar surface area (TPSA) is 66.6 Å². The molecule has 0 radical (unpaired) electrons. The highest BCUT2D eigenvalue weighted by molar-refractivity contribution is 5.67. The van der Waals surface area contributed by atoms with Gasteiger partial charge >= 0.3 is 5.97 Å². The average Bonchev–Trinajstić information content (AvgIpc) is 2.64. The summed E-state index contributed by atoms with van der Waals surface area (Å²) in [5.41, 5.74) is 10.5. The molecule has 2 aromatic rings. The molecule has 1 aliphatic heterocycles. The average molecular weight is 338 g/mol. The lowest BCUT2D eigenvalue weighted by atomic mass is 9.93. The molecule has 3 rings (SSSR count). The van der Waals surface area contributed by atoms with Crippen LogP contribution >= 0.6 is 0 Å². The van der Waals surface area contributed by atoms with Gasteiger partial charge in [0.2, 0.25) is 0 Å². The predicted molar refractivity (Wildman–Crippen MR) is 100 cm³/mol. The van der Waals surface area contributed by atoms with Crippen LogP contribution in [0.3, 0.4) is 0 Å². The van der Waals surface area contributed by atoms with E-state index in [1.807, 2.05) is 0 Å². The van der Waals surface area contributed by atoms with Crippen molar-refractivity contribution in [2.75, 3.05) is 13.1 Å². The Labute approximate surface area is 149 Å². The number of rotatable bonds is 6. The number of likely N-dealkylation sites (tertiary alicyclic amines) is 1. The summed E-state index contributed by atoms with van der Waals surface area (Å²) in [7, 11) is 0. The van der Waals surface area contributed by atoms with Gasteiger partial charge in [-0.3, -0.25) is 9.69 Å². The molecule has 3 N–H and O–H groups in total. The zero-order valence-electron chi connectivity index (χ0n) is 14.5. The van der Waals surface area contributed by atoms with Gasteiger partial charge in [-0.2, -0.15) is 0 Å². The number of nitrogens with zero attached hydrogens (tertiary/aromatic N) is 1. The fourth-order valence-electron chi connectivity index (χ4n) is 3.49. The second-order valence-corrected chi connectivity index (χ2v) is 6.92. The van der Waals surface area contributed by atoms with E-state index in [0.29, 0.717) is 18.9 Å². The van der Waals surface area contributed by atoms with Crippen molar-refractivity contribution in [3.05, 3.63) is 59.7 Å². The van der Waals surface area contributed by atoms with Crippen LogP contribution in [0.25, 0.3) is 11.1 Å². The summed E-state index contributed by atoms with van der Waals surface area (Å²) in [6, 6.07) is 17.1. The Morgan fingerprint density at radius 2 is 1.48 bits per heavy atom. The van der Waals surface area contributed by atoms with Crippen molar-refractivity contribution in [2.24, 2.45) is 11.7 Å². The van der Waals surface area contributed by atoms with Gasteiger partial charge in [0, 0.05) is 19.5 Å². The minimum absolute atomic E-state index is 0.311. The molecule has 132 valence electrons. The van der Waals surface area contributed by atoms with Crippen LogP contribution in [0.15, 0.2) is 48.5 Å². The predicted octanol–water partition coefficient (Wildman–Crippen LogP) is 3.50. The number of carboxylic acid groups (broad SMARTS) is 1. The van der Waals surface area contributed by atoms with Gasteiger partial charge in [-0.15, -0.1) is 0 Å². The van der Waals surface area contributed by atoms with Crippen molar-refractivity contribution >= 4 is 5.97 Å². The summed E-state index contributed by atoms with van der Waals surface area (Å²) in [5, 5.41) is 8.90. The van der Waals surface area contributed by atoms with Crippen LogP contribution in [-0.4, -0.2) is 29.1 Å². The van der Waals surface area contributed by atoms with Crippen molar-refractivity contribution in [2.45, 2.75) is 32.4 Å². The molecule has 0 aliphatic carbocycles. The van der Waals surface area contributed by atoms with Crippen molar-refractivity contribution in [1.29, 1.82) is 0 Å². The largest absolute Gasteiger partial charge is 0.481 e. The molecule has 0 atom stereocenters. The molecule has 1 heterocycles. The summed E-state index contributed by atoms with van der Waals surface area (Å²) < 4.78 is 0. The molecule has 0 aromatic heterocycles. The Morgan fingerprint density at radius 3 is 1.96 bits per heavy atom. The molecule has 0 spiro atoms.